The van der Waals surface area contributed by atoms with Crippen LogP contribution in [0.4, 0.5) is 0 Å². The molecule has 0 saturated carbocycles. The molecular weight excluding hydrogens is 250 g/mol. The third-order valence-corrected chi connectivity index (χ3v) is 4.00. The van der Waals surface area contributed by atoms with Gasteiger partial charge in [-0.15, -0.1) is 0 Å². The van der Waals surface area contributed by atoms with Gasteiger partial charge in [0.05, 0.1) is 11.8 Å². The number of nitrogens with zero attached hydrogens (tertiary/aromatic N) is 2. The quantitative estimate of drug-likeness (QED) is 0.795. The Labute approximate surface area is 122 Å². The van der Waals surface area contributed by atoms with Crippen molar-refractivity contribution in [2.75, 3.05) is 13.2 Å². The standard InChI is InChI=1S/C16H29N3O/c1-4-17-14(7-8-16-6-5-11-20-16)12-15-9-10-19(18-15)13(2)3/h9-10,13-14,16-17H,4-8,11-12H2,1-3H3. The van der Waals surface area contributed by atoms with Gasteiger partial charge >= 0.3 is 0 Å². The summed E-state index contributed by atoms with van der Waals surface area (Å²) in [5.41, 5.74) is 1.19. The maximum atomic E-state index is 5.72. The summed E-state index contributed by atoms with van der Waals surface area (Å²) in [6.07, 6.45) is 8.40. The predicted molar refractivity (Wildman–Crippen MR) is 82.0 cm³/mol. The zero-order valence-corrected chi connectivity index (χ0v) is 13.1. The highest BCUT2D eigenvalue weighted by atomic mass is 16.5. The first kappa shape index (κ1) is 15.5. The van der Waals surface area contributed by atoms with Crippen LogP contribution in [0.3, 0.4) is 0 Å². The smallest absolute Gasteiger partial charge is 0.0640 e. The molecule has 1 saturated heterocycles. The van der Waals surface area contributed by atoms with Gasteiger partial charge < -0.3 is 10.1 Å². The van der Waals surface area contributed by atoms with Crippen LogP contribution >= 0.6 is 0 Å². The van der Waals surface area contributed by atoms with Crippen molar-refractivity contribution in [3.63, 3.8) is 0 Å². The van der Waals surface area contributed by atoms with Crippen LogP contribution < -0.4 is 5.32 Å². The van der Waals surface area contributed by atoms with Gasteiger partial charge in [-0.25, -0.2) is 0 Å². The number of hydrogen-bond donors (Lipinski definition) is 1. The lowest BCUT2D eigenvalue weighted by atomic mass is 10.0. The zero-order valence-electron chi connectivity index (χ0n) is 13.1. The Balaban J connectivity index is 1.83. The molecule has 0 spiro atoms. The molecule has 114 valence electrons. The summed E-state index contributed by atoms with van der Waals surface area (Å²) in [7, 11) is 0. The highest BCUT2D eigenvalue weighted by Crippen LogP contribution is 2.19. The molecule has 0 aliphatic carbocycles. The summed E-state index contributed by atoms with van der Waals surface area (Å²) >= 11 is 0. The molecule has 20 heavy (non-hydrogen) atoms. The fourth-order valence-corrected chi connectivity index (χ4v) is 2.85. The summed E-state index contributed by atoms with van der Waals surface area (Å²) in [5.74, 6) is 0. The molecule has 2 atom stereocenters. The van der Waals surface area contributed by atoms with Crippen molar-refractivity contribution in [3.05, 3.63) is 18.0 Å². The molecule has 0 bridgehead atoms. The van der Waals surface area contributed by atoms with Crippen LogP contribution in [-0.4, -0.2) is 35.1 Å². The third-order valence-electron chi connectivity index (χ3n) is 4.00. The van der Waals surface area contributed by atoms with Gasteiger partial charge in [-0.05, 0) is 52.1 Å². The number of hydrogen-bond acceptors (Lipinski definition) is 3. The molecular formula is C16H29N3O. The lowest BCUT2D eigenvalue weighted by molar-refractivity contribution is 0.0996. The van der Waals surface area contributed by atoms with Crippen molar-refractivity contribution in [2.45, 2.75) is 71.1 Å². The highest BCUT2D eigenvalue weighted by Gasteiger charge is 2.18. The van der Waals surface area contributed by atoms with Crippen LogP contribution in [0.2, 0.25) is 0 Å². The van der Waals surface area contributed by atoms with Crippen LogP contribution in [0.1, 0.15) is 58.2 Å². The van der Waals surface area contributed by atoms with E-state index in [0.717, 1.165) is 19.6 Å². The minimum Gasteiger partial charge on any atom is -0.378 e. The van der Waals surface area contributed by atoms with Crippen molar-refractivity contribution < 1.29 is 4.74 Å². The maximum absolute atomic E-state index is 5.72. The van der Waals surface area contributed by atoms with E-state index in [1.807, 2.05) is 4.68 Å². The number of ether oxygens (including phenoxy) is 1. The summed E-state index contributed by atoms with van der Waals surface area (Å²) in [4.78, 5) is 0. The van der Waals surface area contributed by atoms with Crippen molar-refractivity contribution >= 4 is 0 Å². The predicted octanol–water partition coefficient (Wildman–Crippen LogP) is 2.94. The van der Waals surface area contributed by atoms with Crippen molar-refractivity contribution in [2.24, 2.45) is 0 Å². The molecule has 2 unspecified atom stereocenters. The fraction of sp³-hybridized carbons (Fsp3) is 0.812. The van der Waals surface area contributed by atoms with E-state index in [2.05, 4.69) is 43.4 Å². The average molecular weight is 279 g/mol. The zero-order chi connectivity index (χ0) is 14.4. The van der Waals surface area contributed by atoms with Crippen LogP contribution in [0, 0.1) is 0 Å². The van der Waals surface area contributed by atoms with Crippen LogP contribution in [0.5, 0.6) is 0 Å². The van der Waals surface area contributed by atoms with E-state index in [9.17, 15) is 0 Å². The number of likely N-dealkylation sites (N-methyl/N-ethyl adjacent to an activating group) is 1. The van der Waals surface area contributed by atoms with Crippen molar-refractivity contribution in [1.82, 2.24) is 15.1 Å². The minimum atomic E-state index is 0.438. The molecule has 1 aliphatic rings. The summed E-state index contributed by atoms with van der Waals surface area (Å²) in [5, 5.41) is 8.25. The fourth-order valence-electron chi connectivity index (χ4n) is 2.85. The molecule has 1 aliphatic heterocycles. The van der Waals surface area contributed by atoms with Gasteiger partial charge in [-0.1, -0.05) is 6.92 Å². The summed E-state index contributed by atoms with van der Waals surface area (Å²) in [6.45, 7) is 8.47. The summed E-state index contributed by atoms with van der Waals surface area (Å²) < 4.78 is 7.76. The topological polar surface area (TPSA) is 39.1 Å². The van der Waals surface area contributed by atoms with Gasteiger partial charge in [-0.3, -0.25) is 4.68 Å². The molecule has 0 aromatic carbocycles. The maximum Gasteiger partial charge on any atom is 0.0640 e. The Hall–Kier alpha value is -0.870. The first-order valence-corrected chi connectivity index (χ1v) is 8.08. The normalized spacial score (nSPS) is 20.7. The van der Waals surface area contributed by atoms with E-state index in [4.69, 9.17) is 4.74 Å². The van der Waals surface area contributed by atoms with Crippen LogP contribution in [0.25, 0.3) is 0 Å². The Morgan fingerprint density at radius 1 is 1.50 bits per heavy atom. The lowest BCUT2D eigenvalue weighted by Crippen LogP contribution is -2.32. The van der Waals surface area contributed by atoms with Crippen molar-refractivity contribution in [1.29, 1.82) is 0 Å². The highest BCUT2D eigenvalue weighted by molar-refractivity contribution is 5.02. The lowest BCUT2D eigenvalue weighted by Gasteiger charge is -2.19. The number of rotatable bonds is 8. The Kier molecular flexibility index (Phi) is 6.05. The van der Waals surface area contributed by atoms with E-state index < -0.39 is 0 Å². The Morgan fingerprint density at radius 3 is 2.95 bits per heavy atom. The largest absolute Gasteiger partial charge is 0.378 e. The molecule has 1 aromatic rings. The van der Waals surface area contributed by atoms with E-state index in [-0.39, 0.29) is 0 Å². The monoisotopic (exact) mass is 279 g/mol. The molecule has 1 N–H and O–H groups in total. The van der Waals surface area contributed by atoms with Crippen LogP contribution in [0.15, 0.2) is 12.3 Å². The van der Waals surface area contributed by atoms with Crippen molar-refractivity contribution in [3.8, 4) is 0 Å². The molecule has 1 fully saturated rings. The number of nitrogens with one attached hydrogen (secondary N) is 1. The van der Waals surface area contributed by atoms with E-state index in [0.29, 0.717) is 18.2 Å². The number of aromatic nitrogens is 2. The second kappa shape index (κ2) is 7.79. The van der Waals surface area contributed by atoms with E-state index in [1.54, 1.807) is 0 Å². The molecule has 4 heteroatoms. The molecule has 2 rings (SSSR count). The first-order valence-electron chi connectivity index (χ1n) is 8.08. The first-order chi connectivity index (χ1) is 9.69. The average Bonchev–Trinajstić information content (AvgIpc) is 3.07. The second-order valence-electron chi connectivity index (χ2n) is 6.05. The van der Waals surface area contributed by atoms with Gasteiger partial charge in [0.1, 0.15) is 0 Å². The third kappa shape index (κ3) is 4.60. The minimum absolute atomic E-state index is 0.438. The van der Waals surface area contributed by atoms with Gasteiger partial charge in [0.25, 0.3) is 0 Å². The van der Waals surface area contributed by atoms with Gasteiger partial charge in [-0.2, -0.15) is 5.10 Å². The van der Waals surface area contributed by atoms with Gasteiger partial charge in [0.15, 0.2) is 0 Å². The van der Waals surface area contributed by atoms with Gasteiger partial charge in [0, 0.05) is 31.3 Å². The molecule has 2 heterocycles. The van der Waals surface area contributed by atoms with Crippen LogP contribution in [-0.2, 0) is 11.2 Å². The SMILES string of the molecule is CCNC(CCC1CCCO1)Cc1ccn(C(C)C)n1. The van der Waals surface area contributed by atoms with Gasteiger partial charge in [0.2, 0.25) is 0 Å². The Bertz CT molecular complexity index is 383. The Morgan fingerprint density at radius 2 is 2.35 bits per heavy atom. The molecule has 0 radical (unpaired) electrons. The van der Waals surface area contributed by atoms with E-state index in [1.165, 1.54) is 31.4 Å². The van der Waals surface area contributed by atoms with E-state index >= 15 is 0 Å². The molecule has 0 amide bonds. The summed E-state index contributed by atoms with van der Waals surface area (Å²) in [6, 6.07) is 3.10. The molecule has 4 nitrogen and oxygen atoms in total. The molecule has 1 aromatic heterocycles. The second-order valence-corrected chi connectivity index (χ2v) is 6.05.